The SMILES string of the molecule is COc1ccc(CC(Br)CCC(C)C)cc1. The summed E-state index contributed by atoms with van der Waals surface area (Å²) in [5.41, 5.74) is 1.37. The zero-order valence-electron chi connectivity index (χ0n) is 10.4. The zero-order valence-corrected chi connectivity index (χ0v) is 12.0. The smallest absolute Gasteiger partial charge is 0.118 e. The third-order valence-electron chi connectivity index (χ3n) is 2.67. The number of hydrogen-bond donors (Lipinski definition) is 0. The second-order valence-electron chi connectivity index (χ2n) is 4.62. The summed E-state index contributed by atoms with van der Waals surface area (Å²) in [6, 6.07) is 8.33. The molecule has 1 unspecified atom stereocenters. The van der Waals surface area contributed by atoms with Crippen LogP contribution in [0.25, 0.3) is 0 Å². The monoisotopic (exact) mass is 284 g/mol. The fourth-order valence-corrected chi connectivity index (χ4v) is 2.27. The van der Waals surface area contributed by atoms with Crippen LogP contribution in [0.3, 0.4) is 0 Å². The molecule has 2 heteroatoms. The van der Waals surface area contributed by atoms with Crippen LogP contribution >= 0.6 is 15.9 Å². The van der Waals surface area contributed by atoms with E-state index in [1.165, 1.54) is 18.4 Å². The molecule has 0 radical (unpaired) electrons. The minimum Gasteiger partial charge on any atom is -0.497 e. The summed E-state index contributed by atoms with van der Waals surface area (Å²) < 4.78 is 5.14. The van der Waals surface area contributed by atoms with Crippen molar-refractivity contribution in [1.82, 2.24) is 0 Å². The minimum absolute atomic E-state index is 0.586. The Hall–Kier alpha value is -0.500. The van der Waals surface area contributed by atoms with Gasteiger partial charge in [-0.05, 0) is 42.9 Å². The number of halogens is 1. The van der Waals surface area contributed by atoms with Gasteiger partial charge in [-0.3, -0.25) is 0 Å². The predicted octanol–water partition coefficient (Wildman–Crippen LogP) is 4.44. The number of benzene rings is 1. The van der Waals surface area contributed by atoms with Gasteiger partial charge in [0.15, 0.2) is 0 Å². The Labute approximate surface area is 107 Å². The average Bonchev–Trinajstić information content (AvgIpc) is 2.27. The average molecular weight is 285 g/mol. The Morgan fingerprint density at radius 1 is 1.12 bits per heavy atom. The van der Waals surface area contributed by atoms with E-state index in [9.17, 15) is 0 Å². The first-order valence-corrected chi connectivity index (χ1v) is 6.80. The molecule has 0 bridgehead atoms. The molecular formula is C14H21BrO. The highest BCUT2D eigenvalue weighted by Gasteiger charge is 2.06. The van der Waals surface area contributed by atoms with Gasteiger partial charge in [-0.2, -0.15) is 0 Å². The van der Waals surface area contributed by atoms with Crippen LogP contribution in [0.15, 0.2) is 24.3 Å². The first kappa shape index (κ1) is 13.6. The highest BCUT2D eigenvalue weighted by Crippen LogP contribution is 2.19. The lowest BCUT2D eigenvalue weighted by Gasteiger charge is -2.11. The molecule has 0 amide bonds. The first-order chi connectivity index (χ1) is 7.61. The van der Waals surface area contributed by atoms with Crippen molar-refractivity contribution in [3.8, 4) is 5.75 Å². The molecule has 0 heterocycles. The van der Waals surface area contributed by atoms with E-state index >= 15 is 0 Å². The fourth-order valence-electron chi connectivity index (χ4n) is 1.63. The predicted molar refractivity (Wildman–Crippen MR) is 73.5 cm³/mol. The second kappa shape index (κ2) is 6.95. The van der Waals surface area contributed by atoms with Crippen LogP contribution in [0.1, 0.15) is 32.3 Å². The van der Waals surface area contributed by atoms with Crippen molar-refractivity contribution < 1.29 is 4.74 Å². The van der Waals surface area contributed by atoms with E-state index in [4.69, 9.17) is 4.74 Å². The molecule has 16 heavy (non-hydrogen) atoms. The molecule has 0 aliphatic heterocycles. The van der Waals surface area contributed by atoms with Gasteiger partial charge in [-0.25, -0.2) is 0 Å². The maximum Gasteiger partial charge on any atom is 0.118 e. The Kier molecular flexibility index (Phi) is 5.89. The summed E-state index contributed by atoms with van der Waals surface area (Å²) in [7, 11) is 1.70. The molecule has 0 N–H and O–H groups in total. The molecule has 1 atom stereocenters. The van der Waals surface area contributed by atoms with Crippen molar-refractivity contribution >= 4 is 15.9 Å². The topological polar surface area (TPSA) is 9.23 Å². The van der Waals surface area contributed by atoms with Gasteiger partial charge < -0.3 is 4.74 Å². The van der Waals surface area contributed by atoms with Crippen LogP contribution in [-0.4, -0.2) is 11.9 Å². The molecule has 90 valence electrons. The van der Waals surface area contributed by atoms with Gasteiger partial charge in [0.25, 0.3) is 0 Å². The Balaban J connectivity index is 2.40. The van der Waals surface area contributed by atoms with Crippen LogP contribution in [0.2, 0.25) is 0 Å². The number of alkyl halides is 1. The highest BCUT2D eigenvalue weighted by molar-refractivity contribution is 9.09. The molecule has 0 aliphatic rings. The second-order valence-corrected chi connectivity index (χ2v) is 5.92. The maximum absolute atomic E-state index is 5.14. The Bertz CT molecular complexity index is 292. The van der Waals surface area contributed by atoms with Gasteiger partial charge in [0, 0.05) is 4.83 Å². The van der Waals surface area contributed by atoms with Gasteiger partial charge in [0.05, 0.1) is 7.11 Å². The van der Waals surface area contributed by atoms with Crippen LogP contribution in [0.4, 0.5) is 0 Å². The quantitative estimate of drug-likeness (QED) is 0.702. The number of ether oxygens (including phenoxy) is 1. The summed E-state index contributed by atoms with van der Waals surface area (Å²) in [5, 5.41) is 0. The number of hydrogen-bond acceptors (Lipinski definition) is 1. The van der Waals surface area contributed by atoms with Crippen LogP contribution in [0, 0.1) is 5.92 Å². The number of rotatable bonds is 6. The van der Waals surface area contributed by atoms with E-state index < -0.39 is 0 Å². The molecule has 1 nitrogen and oxygen atoms in total. The van der Waals surface area contributed by atoms with Gasteiger partial charge in [0.1, 0.15) is 5.75 Å². The van der Waals surface area contributed by atoms with Gasteiger partial charge in [-0.15, -0.1) is 0 Å². The molecule has 0 saturated carbocycles. The van der Waals surface area contributed by atoms with E-state index in [0.717, 1.165) is 18.1 Å². The van der Waals surface area contributed by atoms with Crippen LogP contribution in [-0.2, 0) is 6.42 Å². The lowest BCUT2D eigenvalue weighted by molar-refractivity contribution is 0.414. The van der Waals surface area contributed by atoms with Crippen molar-refractivity contribution in [2.24, 2.45) is 5.92 Å². The summed E-state index contributed by atoms with van der Waals surface area (Å²) in [4.78, 5) is 0.586. The highest BCUT2D eigenvalue weighted by atomic mass is 79.9. The lowest BCUT2D eigenvalue weighted by atomic mass is 10.0. The Morgan fingerprint density at radius 3 is 2.25 bits per heavy atom. The third-order valence-corrected chi connectivity index (χ3v) is 3.46. The molecular weight excluding hydrogens is 264 g/mol. The molecule has 1 rings (SSSR count). The molecule has 0 spiro atoms. The van der Waals surface area contributed by atoms with E-state index in [-0.39, 0.29) is 0 Å². The fraction of sp³-hybridized carbons (Fsp3) is 0.571. The van der Waals surface area contributed by atoms with E-state index in [1.54, 1.807) is 7.11 Å². The first-order valence-electron chi connectivity index (χ1n) is 5.88. The van der Waals surface area contributed by atoms with E-state index in [1.807, 2.05) is 12.1 Å². The minimum atomic E-state index is 0.586. The molecule has 1 aromatic rings. The summed E-state index contributed by atoms with van der Waals surface area (Å²) in [6.07, 6.45) is 3.62. The van der Waals surface area contributed by atoms with Crippen molar-refractivity contribution in [2.75, 3.05) is 7.11 Å². The summed E-state index contributed by atoms with van der Waals surface area (Å²) in [6.45, 7) is 4.54. The van der Waals surface area contributed by atoms with Gasteiger partial charge in [0.2, 0.25) is 0 Å². The van der Waals surface area contributed by atoms with Crippen molar-refractivity contribution in [3.05, 3.63) is 29.8 Å². The normalized spacial score (nSPS) is 12.8. The standard InChI is InChI=1S/C14H21BrO/c1-11(2)4-7-13(15)10-12-5-8-14(16-3)9-6-12/h5-6,8-9,11,13H,4,7,10H2,1-3H3. The molecule has 0 fully saturated rings. The lowest BCUT2D eigenvalue weighted by Crippen LogP contribution is -2.04. The molecule has 0 aliphatic carbocycles. The largest absolute Gasteiger partial charge is 0.497 e. The molecule has 1 aromatic carbocycles. The third kappa shape index (κ3) is 5.02. The Morgan fingerprint density at radius 2 is 1.75 bits per heavy atom. The maximum atomic E-state index is 5.14. The zero-order chi connectivity index (χ0) is 12.0. The summed E-state index contributed by atoms with van der Waals surface area (Å²) in [5.74, 6) is 1.72. The van der Waals surface area contributed by atoms with Crippen LogP contribution < -0.4 is 4.74 Å². The molecule has 0 saturated heterocycles. The van der Waals surface area contributed by atoms with E-state index in [2.05, 4.69) is 41.9 Å². The van der Waals surface area contributed by atoms with Gasteiger partial charge >= 0.3 is 0 Å². The summed E-state index contributed by atoms with van der Waals surface area (Å²) >= 11 is 3.75. The van der Waals surface area contributed by atoms with Crippen molar-refractivity contribution in [1.29, 1.82) is 0 Å². The van der Waals surface area contributed by atoms with E-state index in [0.29, 0.717) is 4.83 Å². The van der Waals surface area contributed by atoms with Gasteiger partial charge in [-0.1, -0.05) is 41.9 Å². The van der Waals surface area contributed by atoms with Crippen molar-refractivity contribution in [3.63, 3.8) is 0 Å². The molecule has 0 aromatic heterocycles. The van der Waals surface area contributed by atoms with Crippen LogP contribution in [0.5, 0.6) is 5.75 Å². The van der Waals surface area contributed by atoms with Crippen molar-refractivity contribution in [2.45, 2.75) is 37.9 Å². The number of methoxy groups -OCH3 is 1.